The molecule has 0 aliphatic carbocycles. The van der Waals surface area contributed by atoms with Crippen molar-refractivity contribution in [3.8, 4) is 0 Å². The fraction of sp³-hybridized carbons (Fsp3) is 0.286. The predicted molar refractivity (Wildman–Crippen MR) is 115 cm³/mol. The third kappa shape index (κ3) is 3.90. The first-order valence-electron chi connectivity index (χ1n) is 9.22. The molecule has 0 saturated heterocycles. The molecule has 1 aliphatic heterocycles. The van der Waals surface area contributed by atoms with E-state index in [4.69, 9.17) is 4.98 Å². The van der Waals surface area contributed by atoms with Gasteiger partial charge in [-0.3, -0.25) is 14.2 Å². The van der Waals surface area contributed by atoms with Gasteiger partial charge in [-0.15, -0.1) is 0 Å². The summed E-state index contributed by atoms with van der Waals surface area (Å²) in [6, 6.07) is 12.8. The van der Waals surface area contributed by atoms with E-state index in [1.807, 2.05) is 28.8 Å². The molecule has 27 heavy (non-hydrogen) atoms. The number of halogens is 1. The van der Waals surface area contributed by atoms with E-state index in [2.05, 4.69) is 27.9 Å². The number of aryl methyl sites for hydroxylation is 1. The number of aromatic nitrogens is 2. The summed E-state index contributed by atoms with van der Waals surface area (Å²) in [7, 11) is 0. The van der Waals surface area contributed by atoms with Gasteiger partial charge in [-0.1, -0.05) is 12.8 Å². The zero-order valence-corrected chi connectivity index (χ0v) is 17.0. The molecule has 0 radical (unpaired) electrons. The Morgan fingerprint density at radius 3 is 2.63 bits per heavy atom. The number of carbonyl (C=O) groups is 1. The zero-order chi connectivity index (χ0) is 18.8. The first kappa shape index (κ1) is 18.2. The van der Waals surface area contributed by atoms with Crippen molar-refractivity contribution in [2.75, 3.05) is 5.32 Å². The minimum atomic E-state index is -0.202. The monoisotopic (exact) mass is 473 g/mol. The van der Waals surface area contributed by atoms with E-state index in [-0.39, 0.29) is 11.5 Å². The highest BCUT2D eigenvalue weighted by molar-refractivity contribution is 14.1. The van der Waals surface area contributed by atoms with Crippen molar-refractivity contribution in [1.29, 1.82) is 0 Å². The highest BCUT2D eigenvalue weighted by Gasteiger charge is 2.15. The maximum absolute atomic E-state index is 12.9. The average Bonchev–Trinajstić information content (AvgIpc) is 2.65. The van der Waals surface area contributed by atoms with Crippen molar-refractivity contribution in [3.05, 3.63) is 67.8 Å². The largest absolute Gasteiger partial charge is 0.322 e. The van der Waals surface area contributed by atoms with Gasteiger partial charge in [0, 0.05) is 27.8 Å². The molecule has 0 atom stereocenters. The van der Waals surface area contributed by atoms with Crippen LogP contribution in [0.3, 0.4) is 0 Å². The summed E-state index contributed by atoms with van der Waals surface area (Å²) in [5.41, 5.74) is 1.85. The molecule has 5 nitrogen and oxygen atoms in total. The van der Waals surface area contributed by atoms with Gasteiger partial charge < -0.3 is 5.32 Å². The van der Waals surface area contributed by atoms with Gasteiger partial charge in [-0.05, 0) is 77.9 Å². The molecule has 3 aromatic rings. The van der Waals surface area contributed by atoms with Crippen molar-refractivity contribution in [1.82, 2.24) is 9.55 Å². The summed E-state index contributed by atoms with van der Waals surface area (Å²) < 4.78 is 2.92. The highest BCUT2D eigenvalue weighted by atomic mass is 127. The smallest absolute Gasteiger partial charge is 0.261 e. The summed E-state index contributed by atoms with van der Waals surface area (Å²) in [6.07, 6.45) is 5.19. The van der Waals surface area contributed by atoms with Crippen LogP contribution in [0.5, 0.6) is 0 Å². The number of amides is 1. The number of benzene rings is 2. The molecule has 1 aliphatic rings. The minimum absolute atomic E-state index is 0.00138. The van der Waals surface area contributed by atoms with E-state index >= 15 is 0 Å². The number of hydrogen-bond acceptors (Lipinski definition) is 3. The second kappa shape index (κ2) is 7.80. The molecule has 0 bridgehead atoms. The number of fused-ring (bicyclic) bond motifs is 2. The van der Waals surface area contributed by atoms with E-state index in [0.29, 0.717) is 16.5 Å². The van der Waals surface area contributed by atoms with Crippen LogP contribution < -0.4 is 10.9 Å². The van der Waals surface area contributed by atoms with Crippen LogP contribution >= 0.6 is 22.6 Å². The molecule has 2 heterocycles. The summed E-state index contributed by atoms with van der Waals surface area (Å²) in [6.45, 7) is 0.728. The Kier molecular flexibility index (Phi) is 5.24. The van der Waals surface area contributed by atoms with E-state index in [9.17, 15) is 9.59 Å². The van der Waals surface area contributed by atoms with Crippen molar-refractivity contribution in [3.63, 3.8) is 0 Å². The second-order valence-electron chi connectivity index (χ2n) is 6.84. The summed E-state index contributed by atoms with van der Waals surface area (Å²) in [5, 5.41) is 3.47. The molecule has 138 valence electrons. The van der Waals surface area contributed by atoms with E-state index in [0.717, 1.165) is 47.3 Å². The fourth-order valence-electron chi connectivity index (χ4n) is 3.47. The predicted octanol–water partition coefficient (Wildman–Crippen LogP) is 4.37. The molecule has 0 spiro atoms. The number of nitrogens with zero attached hydrogens (tertiary/aromatic N) is 2. The van der Waals surface area contributed by atoms with Gasteiger partial charge in [0.15, 0.2) is 0 Å². The van der Waals surface area contributed by atoms with E-state index in [1.165, 1.54) is 6.42 Å². The Bertz CT molecular complexity index is 1060. The zero-order valence-electron chi connectivity index (χ0n) is 14.9. The van der Waals surface area contributed by atoms with Gasteiger partial charge in [-0.2, -0.15) is 0 Å². The first-order valence-corrected chi connectivity index (χ1v) is 10.3. The third-order valence-electron chi connectivity index (χ3n) is 4.93. The van der Waals surface area contributed by atoms with Crippen LogP contribution in [0.2, 0.25) is 0 Å². The Morgan fingerprint density at radius 1 is 1.04 bits per heavy atom. The topological polar surface area (TPSA) is 64.0 Å². The molecule has 0 saturated carbocycles. The quantitative estimate of drug-likeness (QED) is 0.563. The van der Waals surface area contributed by atoms with Crippen LogP contribution in [0.15, 0.2) is 47.3 Å². The number of carbonyl (C=O) groups excluding carboxylic acids is 1. The lowest BCUT2D eigenvalue weighted by Crippen LogP contribution is -2.26. The van der Waals surface area contributed by atoms with Crippen LogP contribution in [0.4, 0.5) is 5.69 Å². The van der Waals surface area contributed by atoms with Gasteiger partial charge in [-0.25, -0.2) is 4.98 Å². The van der Waals surface area contributed by atoms with Crippen LogP contribution in [0.25, 0.3) is 10.9 Å². The van der Waals surface area contributed by atoms with Gasteiger partial charge in [0.25, 0.3) is 11.5 Å². The third-order valence-corrected chi connectivity index (χ3v) is 5.65. The fourth-order valence-corrected chi connectivity index (χ4v) is 3.83. The molecule has 1 amide bonds. The second-order valence-corrected chi connectivity index (χ2v) is 8.09. The van der Waals surface area contributed by atoms with Gasteiger partial charge in [0.2, 0.25) is 0 Å². The molecule has 2 aromatic carbocycles. The van der Waals surface area contributed by atoms with Gasteiger partial charge in [0.05, 0.1) is 10.9 Å². The lowest BCUT2D eigenvalue weighted by Gasteiger charge is -2.16. The summed E-state index contributed by atoms with van der Waals surface area (Å²) in [5.74, 6) is 0.633. The normalized spacial score (nSPS) is 14.3. The Hall–Kier alpha value is -2.22. The van der Waals surface area contributed by atoms with Crippen LogP contribution in [-0.4, -0.2) is 15.5 Å². The molecule has 1 aromatic heterocycles. The molecular weight excluding hydrogens is 453 g/mol. The van der Waals surface area contributed by atoms with E-state index in [1.54, 1.807) is 18.2 Å². The molecule has 0 unspecified atom stereocenters. The standard InChI is InChI=1S/C21H20IN3O2/c22-15-7-9-16(10-8-15)23-20(26)14-6-11-17-18(13-14)24-19-5-3-1-2-4-12-25(19)21(17)27/h6-11,13H,1-5,12H2,(H,23,26). The lowest BCUT2D eigenvalue weighted by atomic mass is 10.1. The highest BCUT2D eigenvalue weighted by Crippen LogP contribution is 2.18. The molecule has 6 heteroatoms. The van der Waals surface area contributed by atoms with Crippen molar-refractivity contribution >= 4 is 45.1 Å². The summed E-state index contributed by atoms with van der Waals surface area (Å²) >= 11 is 2.22. The van der Waals surface area contributed by atoms with Crippen LogP contribution in [0.1, 0.15) is 41.9 Å². The minimum Gasteiger partial charge on any atom is -0.322 e. The first-order chi connectivity index (χ1) is 13.1. The number of anilines is 1. The lowest BCUT2D eigenvalue weighted by molar-refractivity contribution is 0.102. The number of hydrogen-bond donors (Lipinski definition) is 1. The Morgan fingerprint density at radius 2 is 1.81 bits per heavy atom. The Labute approximate surface area is 171 Å². The average molecular weight is 473 g/mol. The maximum Gasteiger partial charge on any atom is 0.261 e. The van der Waals surface area contributed by atoms with Crippen LogP contribution in [0, 0.1) is 3.57 Å². The van der Waals surface area contributed by atoms with Crippen molar-refractivity contribution < 1.29 is 4.79 Å². The summed E-state index contributed by atoms with van der Waals surface area (Å²) in [4.78, 5) is 30.2. The van der Waals surface area contributed by atoms with Crippen molar-refractivity contribution in [2.45, 2.75) is 38.6 Å². The van der Waals surface area contributed by atoms with Crippen molar-refractivity contribution in [2.24, 2.45) is 0 Å². The number of nitrogens with one attached hydrogen (secondary N) is 1. The molecule has 0 fully saturated rings. The van der Waals surface area contributed by atoms with Crippen LogP contribution in [-0.2, 0) is 13.0 Å². The molecule has 4 rings (SSSR count). The Balaban J connectivity index is 1.69. The molecule has 1 N–H and O–H groups in total. The molecular formula is C21H20IN3O2. The maximum atomic E-state index is 12.9. The van der Waals surface area contributed by atoms with Gasteiger partial charge in [0.1, 0.15) is 5.82 Å². The SMILES string of the molecule is O=C(Nc1ccc(I)cc1)c1ccc2c(=O)n3c(nc2c1)CCCCCC3. The van der Waals surface area contributed by atoms with Gasteiger partial charge >= 0.3 is 0 Å². The number of rotatable bonds is 2. The van der Waals surface area contributed by atoms with E-state index < -0.39 is 0 Å².